The van der Waals surface area contributed by atoms with Crippen LogP contribution in [0.3, 0.4) is 0 Å². The van der Waals surface area contributed by atoms with Gasteiger partial charge in [-0.2, -0.15) is 0 Å². The largest absolute Gasteiger partial charge is 0.497 e. The van der Waals surface area contributed by atoms with E-state index in [2.05, 4.69) is 21.2 Å². The molecule has 110 valence electrons. The number of hydrogen-bond acceptors (Lipinski definition) is 2. The first-order chi connectivity index (χ1) is 9.93. The van der Waals surface area contributed by atoms with Crippen LogP contribution in [-0.4, -0.2) is 13.0 Å². The molecule has 0 unspecified atom stereocenters. The molecule has 7 heteroatoms. The van der Waals surface area contributed by atoms with Crippen molar-refractivity contribution < 1.29 is 22.7 Å². The van der Waals surface area contributed by atoms with Gasteiger partial charge in [-0.25, -0.2) is 13.2 Å². The van der Waals surface area contributed by atoms with Crippen LogP contribution < -0.4 is 10.1 Å². The van der Waals surface area contributed by atoms with Gasteiger partial charge in [0.2, 0.25) is 0 Å². The fraction of sp³-hybridized carbons (Fsp3) is 0.0714. The standard InChI is InChI=1S/C14H9BrF3NO2/c1-21-7-2-4-9(15)11(6-7)19-14(20)8-3-5-10(16)13(18)12(8)17/h2-6H,1H3,(H,19,20). The number of methoxy groups -OCH3 is 1. The van der Waals surface area contributed by atoms with Crippen molar-refractivity contribution in [1.29, 1.82) is 0 Å². The molecule has 0 bridgehead atoms. The van der Waals surface area contributed by atoms with Gasteiger partial charge in [0.05, 0.1) is 18.4 Å². The highest BCUT2D eigenvalue weighted by Crippen LogP contribution is 2.28. The molecular weight excluding hydrogens is 351 g/mol. The molecule has 1 amide bonds. The summed E-state index contributed by atoms with van der Waals surface area (Å²) in [6.45, 7) is 0. The lowest BCUT2D eigenvalue weighted by atomic mass is 10.1. The summed E-state index contributed by atoms with van der Waals surface area (Å²) >= 11 is 3.21. The quantitative estimate of drug-likeness (QED) is 0.836. The predicted octanol–water partition coefficient (Wildman–Crippen LogP) is 4.13. The molecule has 3 nitrogen and oxygen atoms in total. The molecule has 21 heavy (non-hydrogen) atoms. The zero-order valence-corrected chi connectivity index (χ0v) is 12.3. The lowest BCUT2D eigenvalue weighted by Gasteiger charge is -2.10. The van der Waals surface area contributed by atoms with Crippen LogP contribution in [0.15, 0.2) is 34.8 Å². The summed E-state index contributed by atoms with van der Waals surface area (Å²) < 4.78 is 45.0. The van der Waals surface area contributed by atoms with Crippen LogP contribution in [0.4, 0.5) is 18.9 Å². The molecule has 0 aliphatic carbocycles. The van der Waals surface area contributed by atoms with Gasteiger partial charge < -0.3 is 10.1 Å². The average molecular weight is 360 g/mol. The molecule has 0 saturated heterocycles. The highest BCUT2D eigenvalue weighted by molar-refractivity contribution is 9.10. The Hall–Kier alpha value is -2.02. The number of benzene rings is 2. The Labute approximate surface area is 126 Å². The first-order valence-electron chi connectivity index (χ1n) is 5.72. The first kappa shape index (κ1) is 15.4. The molecule has 0 spiro atoms. The molecule has 2 aromatic rings. The molecule has 0 atom stereocenters. The Morgan fingerprint density at radius 2 is 1.86 bits per heavy atom. The molecule has 0 fully saturated rings. The zero-order valence-electron chi connectivity index (χ0n) is 10.7. The summed E-state index contributed by atoms with van der Waals surface area (Å²) in [7, 11) is 1.45. The average Bonchev–Trinajstić information content (AvgIpc) is 2.47. The molecule has 0 aromatic heterocycles. The summed E-state index contributed by atoms with van der Waals surface area (Å²) in [6, 6.07) is 6.33. The van der Waals surface area contributed by atoms with Crippen molar-refractivity contribution in [2.75, 3.05) is 12.4 Å². The number of anilines is 1. The van der Waals surface area contributed by atoms with Gasteiger partial charge in [0.1, 0.15) is 5.75 Å². The summed E-state index contributed by atoms with van der Waals surface area (Å²) in [6.07, 6.45) is 0. The fourth-order valence-corrected chi connectivity index (χ4v) is 1.96. The second-order valence-corrected chi connectivity index (χ2v) is 4.88. The fourth-order valence-electron chi connectivity index (χ4n) is 1.62. The number of carbonyl (C=O) groups excluding carboxylic acids is 1. The zero-order chi connectivity index (χ0) is 15.6. The highest BCUT2D eigenvalue weighted by Gasteiger charge is 2.19. The summed E-state index contributed by atoms with van der Waals surface area (Å²) in [5, 5.41) is 2.39. The van der Waals surface area contributed by atoms with Crippen molar-refractivity contribution in [2.24, 2.45) is 0 Å². The number of ether oxygens (including phenoxy) is 1. The second-order valence-electron chi connectivity index (χ2n) is 4.02. The number of halogens is 4. The van der Waals surface area contributed by atoms with Gasteiger partial charge in [-0.05, 0) is 40.2 Å². The number of amides is 1. The van der Waals surface area contributed by atoms with E-state index in [4.69, 9.17) is 4.74 Å². The van der Waals surface area contributed by atoms with Crippen LogP contribution in [0.5, 0.6) is 5.75 Å². The predicted molar refractivity (Wildman–Crippen MR) is 75.0 cm³/mol. The Morgan fingerprint density at radius 1 is 1.14 bits per heavy atom. The van der Waals surface area contributed by atoms with Crippen molar-refractivity contribution in [1.82, 2.24) is 0 Å². The van der Waals surface area contributed by atoms with Crippen molar-refractivity contribution in [3.05, 3.63) is 57.8 Å². The Kier molecular flexibility index (Phi) is 4.52. The number of rotatable bonds is 3. The number of nitrogens with one attached hydrogen (secondary N) is 1. The lowest BCUT2D eigenvalue weighted by molar-refractivity contribution is 0.102. The molecule has 0 aliphatic rings. The Balaban J connectivity index is 2.32. The van der Waals surface area contributed by atoms with Gasteiger partial charge in [0, 0.05) is 10.5 Å². The highest BCUT2D eigenvalue weighted by atomic mass is 79.9. The normalized spacial score (nSPS) is 10.3. The second kappa shape index (κ2) is 6.17. The minimum atomic E-state index is -1.69. The summed E-state index contributed by atoms with van der Waals surface area (Å²) in [5.74, 6) is -5.01. The van der Waals surface area contributed by atoms with E-state index in [1.807, 2.05) is 0 Å². The Bertz CT molecular complexity index is 707. The third-order valence-corrected chi connectivity index (χ3v) is 3.39. The van der Waals surface area contributed by atoms with Gasteiger partial charge in [-0.15, -0.1) is 0 Å². The van der Waals surface area contributed by atoms with E-state index in [-0.39, 0.29) is 0 Å². The van der Waals surface area contributed by atoms with E-state index < -0.39 is 28.9 Å². The number of carbonyl (C=O) groups is 1. The number of hydrogen-bond donors (Lipinski definition) is 1. The van der Waals surface area contributed by atoms with E-state index in [9.17, 15) is 18.0 Å². The molecule has 0 heterocycles. The van der Waals surface area contributed by atoms with E-state index in [0.717, 1.165) is 6.07 Å². The maximum atomic E-state index is 13.5. The summed E-state index contributed by atoms with van der Waals surface area (Å²) in [5.41, 5.74) is -0.285. The minimum Gasteiger partial charge on any atom is -0.497 e. The molecule has 0 aliphatic heterocycles. The van der Waals surface area contributed by atoms with Crippen molar-refractivity contribution >= 4 is 27.5 Å². The van der Waals surface area contributed by atoms with Crippen LogP contribution in [-0.2, 0) is 0 Å². The van der Waals surface area contributed by atoms with E-state index >= 15 is 0 Å². The topological polar surface area (TPSA) is 38.3 Å². The van der Waals surface area contributed by atoms with Crippen molar-refractivity contribution in [3.63, 3.8) is 0 Å². The molecule has 0 saturated carbocycles. The first-order valence-corrected chi connectivity index (χ1v) is 6.51. The van der Waals surface area contributed by atoms with Gasteiger partial charge >= 0.3 is 0 Å². The van der Waals surface area contributed by atoms with Gasteiger partial charge in [0.15, 0.2) is 17.5 Å². The maximum Gasteiger partial charge on any atom is 0.258 e. The van der Waals surface area contributed by atoms with Crippen LogP contribution in [0.1, 0.15) is 10.4 Å². The molecule has 2 rings (SSSR count). The molecular formula is C14H9BrF3NO2. The smallest absolute Gasteiger partial charge is 0.258 e. The van der Waals surface area contributed by atoms with Crippen LogP contribution >= 0.6 is 15.9 Å². The van der Waals surface area contributed by atoms with Crippen molar-refractivity contribution in [2.45, 2.75) is 0 Å². The van der Waals surface area contributed by atoms with Gasteiger partial charge in [-0.1, -0.05) is 0 Å². The van der Waals surface area contributed by atoms with Crippen LogP contribution in [0.2, 0.25) is 0 Å². The molecule has 0 radical (unpaired) electrons. The maximum absolute atomic E-state index is 13.5. The third kappa shape index (κ3) is 3.18. The van der Waals surface area contributed by atoms with Crippen molar-refractivity contribution in [3.8, 4) is 5.75 Å². The lowest BCUT2D eigenvalue weighted by Crippen LogP contribution is -2.15. The van der Waals surface area contributed by atoms with E-state index in [1.54, 1.807) is 12.1 Å². The molecule has 1 N–H and O–H groups in total. The third-order valence-electron chi connectivity index (χ3n) is 2.70. The van der Waals surface area contributed by atoms with E-state index in [1.165, 1.54) is 13.2 Å². The van der Waals surface area contributed by atoms with E-state index in [0.29, 0.717) is 22.0 Å². The minimum absolute atomic E-state index is 0.309. The monoisotopic (exact) mass is 359 g/mol. The Morgan fingerprint density at radius 3 is 2.52 bits per heavy atom. The molecule has 2 aromatic carbocycles. The van der Waals surface area contributed by atoms with Crippen LogP contribution in [0, 0.1) is 17.5 Å². The summed E-state index contributed by atoms with van der Waals surface area (Å²) in [4.78, 5) is 11.9. The van der Waals surface area contributed by atoms with Gasteiger partial charge in [-0.3, -0.25) is 4.79 Å². The van der Waals surface area contributed by atoms with Gasteiger partial charge in [0.25, 0.3) is 5.91 Å². The SMILES string of the molecule is COc1ccc(Br)c(NC(=O)c2ccc(F)c(F)c2F)c1. The van der Waals surface area contributed by atoms with Crippen LogP contribution in [0.25, 0.3) is 0 Å².